The van der Waals surface area contributed by atoms with Gasteiger partial charge in [0.1, 0.15) is 6.07 Å². The molecule has 0 aliphatic rings. The number of carbonyl (C=O) groups is 2. The fourth-order valence-corrected chi connectivity index (χ4v) is 2.34. The second kappa shape index (κ2) is 7.34. The summed E-state index contributed by atoms with van der Waals surface area (Å²) in [5.74, 6) is -0.663. The lowest BCUT2D eigenvalue weighted by Crippen LogP contribution is -2.34. The lowest BCUT2D eigenvalue weighted by Gasteiger charge is -2.10. The van der Waals surface area contributed by atoms with Gasteiger partial charge >= 0.3 is 6.03 Å². The summed E-state index contributed by atoms with van der Waals surface area (Å²) in [5.41, 5.74) is 0.503. The summed E-state index contributed by atoms with van der Waals surface area (Å²) in [6.45, 7) is 0. The summed E-state index contributed by atoms with van der Waals surface area (Å²) in [7, 11) is 0. The van der Waals surface area contributed by atoms with Crippen molar-refractivity contribution in [3.63, 3.8) is 0 Å². The Morgan fingerprint density at radius 2 is 1.70 bits per heavy atom. The van der Waals surface area contributed by atoms with Crippen molar-refractivity contribution in [3.05, 3.63) is 62.6 Å². The van der Waals surface area contributed by atoms with Crippen molar-refractivity contribution in [1.29, 1.82) is 5.26 Å². The molecule has 8 heteroatoms. The molecule has 0 bridgehead atoms. The maximum absolute atomic E-state index is 12.0. The predicted octanol–water partition coefficient (Wildman–Crippen LogP) is 4.48. The molecule has 0 unspecified atom stereocenters. The molecule has 0 radical (unpaired) electrons. The van der Waals surface area contributed by atoms with Crippen LogP contribution in [0.25, 0.3) is 0 Å². The van der Waals surface area contributed by atoms with Crippen molar-refractivity contribution < 1.29 is 9.59 Å². The van der Waals surface area contributed by atoms with E-state index in [4.69, 9.17) is 40.1 Å². The molecule has 2 aromatic rings. The van der Waals surface area contributed by atoms with Crippen LogP contribution in [0.1, 0.15) is 15.9 Å². The number of urea groups is 1. The van der Waals surface area contributed by atoms with E-state index in [1.54, 1.807) is 12.1 Å². The first-order valence-electron chi connectivity index (χ1n) is 6.18. The maximum Gasteiger partial charge on any atom is 0.326 e. The van der Waals surface area contributed by atoms with E-state index >= 15 is 0 Å². The Labute approximate surface area is 146 Å². The topological polar surface area (TPSA) is 82.0 Å². The van der Waals surface area contributed by atoms with Gasteiger partial charge in [0.15, 0.2) is 0 Å². The number of hydrogen-bond donors (Lipinski definition) is 2. The van der Waals surface area contributed by atoms with E-state index in [-0.39, 0.29) is 31.9 Å². The van der Waals surface area contributed by atoms with E-state index in [0.29, 0.717) is 0 Å². The Bertz CT molecular complexity index is 831. The zero-order valence-corrected chi connectivity index (χ0v) is 13.6. The summed E-state index contributed by atoms with van der Waals surface area (Å²) in [6.07, 6.45) is 0. The van der Waals surface area contributed by atoms with Gasteiger partial charge in [-0.2, -0.15) is 5.26 Å². The first kappa shape index (κ1) is 17.1. The molecule has 0 heterocycles. The normalized spacial score (nSPS) is 9.83. The van der Waals surface area contributed by atoms with E-state index in [9.17, 15) is 9.59 Å². The van der Waals surface area contributed by atoms with E-state index < -0.39 is 11.9 Å². The first-order chi connectivity index (χ1) is 10.9. The van der Waals surface area contributed by atoms with Crippen LogP contribution in [-0.4, -0.2) is 11.9 Å². The second-order valence-corrected chi connectivity index (χ2v) is 5.53. The molecule has 0 saturated heterocycles. The number of hydrogen-bond acceptors (Lipinski definition) is 3. The first-order valence-corrected chi connectivity index (χ1v) is 7.31. The highest BCUT2D eigenvalue weighted by Gasteiger charge is 2.15. The molecule has 0 atom stereocenters. The fraction of sp³-hybridized carbons (Fsp3) is 0. The molecule has 0 fully saturated rings. The van der Waals surface area contributed by atoms with Gasteiger partial charge in [-0.3, -0.25) is 10.1 Å². The number of nitrogens with one attached hydrogen (secondary N) is 2. The predicted molar refractivity (Wildman–Crippen MR) is 89.1 cm³/mol. The number of carbonyl (C=O) groups excluding carboxylic acids is 2. The number of anilines is 1. The molecule has 0 spiro atoms. The number of nitrogens with zero attached hydrogens (tertiary/aromatic N) is 1. The molecule has 0 aliphatic heterocycles. The van der Waals surface area contributed by atoms with Crippen LogP contribution in [0.2, 0.25) is 15.1 Å². The van der Waals surface area contributed by atoms with Crippen LogP contribution in [0.4, 0.5) is 10.5 Å². The monoisotopic (exact) mass is 367 g/mol. The number of amides is 3. The molecule has 5 nitrogen and oxygen atoms in total. The van der Waals surface area contributed by atoms with E-state index in [1.165, 1.54) is 24.3 Å². The van der Waals surface area contributed by atoms with Crippen LogP contribution < -0.4 is 10.6 Å². The number of benzene rings is 2. The van der Waals surface area contributed by atoms with Gasteiger partial charge < -0.3 is 5.32 Å². The SMILES string of the molecule is N#Cc1cc(Cl)c(NC(=O)NC(=O)c2ccccc2Cl)cc1Cl. The molecule has 2 rings (SSSR count). The Morgan fingerprint density at radius 1 is 1.00 bits per heavy atom. The maximum atomic E-state index is 12.0. The third-order valence-electron chi connectivity index (χ3n) is 2.77. The molecule has 23 heavy (non-hydrogen) atoms. The van der Waals surface area contributed by atoms with Gasteiger partial charge in [0, 0.05) is 0 Å². The van der Waals surface area contributed by atoms with Gasteiger partial charge in [-0.1, -0.05) is 46.9 Å². The van der Waals surface area contributed by atoms with Crippen LogP contribution in [-0.2, 0) is 0 Å². The van der Waals surface area contributed by atoms with Gasteiger partial charge in [0.2, 0.25) is 0 Å². The summed E-state index contributed by atoms with van der Waals surface area (Å²) >= 11 is 17.7. The lowest BCUT2D eigenvalue weighted by atomic mass is 10.2. The molecular weight excluding hydrogens is 361 g/mol. The largest absolute Gasteiger partial charge is 0.326 e. The van der Waals surface area contributed by atoms with E-state index in [0.717, 1.165) is 0 Å². The minimum Gasteiger partial charge on any atom is -0.306 e. The highest BCUT2D eigenvalue weighted by atomic mass is 35.5. The molecule has 3 amide bonds. The zero-order valence-electron chi connectivity index (χ0n) is 11.4. The fourth-order valence-electron chi connectivity index (χ4n) is 1.70. The highest BCUT2D eigenvalue weighted by Crippen LogP contribution is 2.28. The summed E-state index contributed by atoms with van der Waals surface area (Å²) in [5, 5.41) is 13.8. The summed E-state index contributed by atoms with van der Waals surface area (Å²) in [6, 6.07) is 9.99. The molecule has 116 valence electrons. The highest BCUT2D eigenvalue weighted by molar-refractivity contribution is 6.36. The van der Waals surface area contributed by atoms with Crippen LogP contribution in [0.3, 0.4) is 0 Å². The lowest BCUT2D eigenvalue weighted by molar-refractivity contribution is 0.0967. The van der Waals surface area contributed by atoms with Crippen molar-refractivity contribution in [3.8, 4) is 6.07 Å². The van der Waals surface area contributed by atoms with Crippen molar-refractivity contribution >= 4 is 52.4 Å². The van der Waals surface area contributed by atoms with Crippen LogP contribution in [0.5, 0.6) is 0 Å². The number of halogens is 3. The summed E-state index contributed by atoms with van der Waals surface area (Å²) in [4.78, 5) is 23.8. The van der Waals surface area contributed by atoms with Gasteiger partial charge in [-0.25, -0.2) is 4.79 Å². The van der Waals surface area contributed by atoms with Crippen LogP contribution in [0, 0.1) is 11.3 Å². The second-order valence-electron chi connectivity index (χ2n) is 4.31. The smallest absolute Gasteiger partial charge is 0.306 e. The Balaban J connectivity index is 2.12. The van der Waals surface area contributed by atoms with Crippen LogP contribution in [0.15, 0.2) is 36.4 Å². The number of rotatable bonds is 2. The zero-order chi connectivity index (χ0) is 17.0. The molecule has 2 N–H and O–H groups in total. The molecule has 0 aliphatic carbocycles. The van der Waals surface area contributed by atoms with Gasteiger partial charge in [-0.15, -0.1) is 0 Å². The molecule has 0 saturated carbocycles. The van der Waals surface area contributed by atoms with Crippen molar-refractivity contribution in [2.45, 2.75) is 0 Å². The average Bonchev–Trinajstić information content (AvgIpc) is 2.50. The van der Waals surface area contributed by atoms with Crippen molar-refractivity contribution in [2.75, 3.05) is 5.32 Å². The molecule has 0 aromatic heterocycles. The van der Waals surface area contributed by atoms with Gasteiger partial charge in [0.25, 0.3) is 5.91 Å². The Morgan fingerprint density at radius 3 is 2.35 bits per heavy atom. The van der Waals surface area contributed by atoms with Gasteiger partial charge in [-0.05, 0) is 24.3 Å². The summed E-state index contributed by atoms with van der Waals surface area (Å²) < 4.78 is 0. The average molecular weight is 369 g/mol. The quantitative estimate of drug-likeness (QED) is 0.820. The minimum absolute atomic E-state index is 0.117. The van der Waals surface area contributed by atoms with Gasteiger partial charge in [0.05, 0.1) is 31.9 Å². The van der Waals surface area contributed by atoms with Crippen LogP contribution >= 0.6 is 34.8 Å². The number of nitriles is 1. The minimum atomic E-state index is -0.808. The van der Waals surface area contributed by atoms with Crippen molar-refractivity contribution in [1.82, 2.24) is 5.32 Å². The van der Waals surface area contributed by atoms with Crippen molar-refractivity contribution in [2.24, 2.45) is 0 Å². The van der Waals surface area contributed by atoms with E-state index in [2.05, 4.69) is 10.6 Å². The number of imide groups is 1. The Kier molecular flexibility index (Phi) is 5.45. The molecule has 2 aromatic carbocycles. The Hall–Kier alpha value is -2.26. The van der Waals surface area contributed by atoms with E-state index in [1.807, 2.05) is 6.07 Å². The standard InChI is InChI=1S/C15H8Cl3N3O2/c16-10-4-2-1-3-9(10)14(22)21-15(23)20-13-6-11(17)8(7-19)5-12(13)18/h1-6H,(H2,20,21,22,23). The molecular formula is C15H8Cl3N3O2. The third kappa shape index (κ3) is 4.14. The third-order valence-corrected chi connectivity index (χ3v) is 3.73.